The van der Waals surface area contributed by atoms with Gasteiger partial charge in [0, 0.05) is 11.6 Å². The summed E-state index contributed by atoms with van der Waals surface area (Å²) in [6.07, 6.45) is 0. The number of carbonyl (C=O) groups excluding carboxylic acids is 2. The minimum Gasteiger partial charge on any atom is -0.507 e. The molecule has 0 aliphatic heterocycles. The van der Waals surface area contributed by atoms with Crippen LogP contribution in [0, 0.1) is 0 Å². The van der Waals surface area contributed by atoms with Gasteiger partial charge in [0.2, 0.25) is 0 Å². The average molecular weight is 235 g/mol. The van der Waals surface area contributed by atoms with E-state index in [9.17, 15) is 9.59 Å². The van der Waals surface area contributed by atoms with Crippen LogP contribution in [0.25, 0.3) is 0 Å². The molecule has 0 radical (unpaired) electrons. The summed E-state index contributed by atoms with van der Waals surface area (Å²) in [7, 11) is 0. The maximum atomic E-state index is 10.7. The van der Waals surface area contributed by atoms with Gasteiger partial charge in [-0.3, -0.25) is 4.79 Å². The van der Waals surface area contributed by atoms with Gasteiger partial charge in [0.15, 0.2) is 0 Å². The Kier molecular flexibility index (Phi) is 3.33. The summed E-state index contributed by atoms with van der Waals surface area (Å²) in [5.74, 6) is -0.258. The van der Waals surface area contributed by atoms with Crippen LogP contribution in [0.15, 0.2) is 18.2 Å². The van der Waals surface area contributed by atoms with Gasteiger partial charge in [0.25, 0.3) is 5.24 Å². The maximum Gasteiger partial charge on any atom is 0.409 e. The van der Waals surface area contributed by atoms with Gasteiger partial charge in [0.1, 0.15) is 11.5 Å². The molecule has 0 aromatic heterocycles. The van der Waals surface area contributed by atoms with E-state index in [0.29, 0.717) is 0 Å². The monoisotopic (exact) mass is 234 g/mol. The molecule has 0 saturated carbocycles. The molecule has 6 heteroatoms. The fourth-order valence-corrected chi connectivity index (χ4v) is 1.07. The SMILES string of the molecule is O=C(Cl)Oc1ccc(O)c(C(=O)Cl)c1. The van der Waals surface area contributed by atoms with Crippen molar-refractivity contribution >= 4 is 33.9 Å². The van der Waals surface area contributed by atoms with Crippen molar-refractivity contribution in [1.29, 1.82) is 0 Å². The van der Waals surface area contributed by atoms with Crippen molar-refractivity contribution in [2.24, 2.45) is 0 Å². The number of halogens is 2. The zero-order chi connectivity index (χ0) is 10.7. The van der Waals surface area contributed by atoms with Gasteiger partial charge in [-0.15, -0.1) is 0 Å². The van der Waals surface area contributed by atoms with Crippen molar-refractivity contribution in [3.63, 3.8) is 0 Å². The molecule has 1 N–H and O–H groups in total. The lowest BCUT2D eigenvalue weighted by Crippen LogP contribution is -1.98. The Labute approximate surface area is 89.0 Å². The first-order valence-corrected chi connectivity index (χ1v) is 4.16. The van der Waals surface area contributed by atoms with E-state index in [4.69, 9.17) is 28.3 Å². The van der Waals surface area contributed by atoms with Gasteiger partial charge >= 0.3 is 5.43 Å². The second-order valence-corrected chi connectivity index (χ2v) is 2.94. The van der Waals surface area contributed by atoms with Crippen LogP contribution in [0.2, 0.25) is 0 Å². The molecular formula is C8H4Cl2O4. The molecular weight excluding hydrogens is 231 g/mol. The van der Waals surface area contributed by atoms with E-state index in [1.54, 1.807) is 0 Å². The molecule has 0 spiro atoms. The number of carbonyl (C=O) groups is 2. The van der Waals surface area contributed by atoms with E-state index in [0.717, 1.165) is 6.07 Å². The van der Waals surface area contributed by atoms with Crippen LogP contribution < -0.4 is 4.74 Å². The predicted octanol–water partition coefficient (Wildman–Crippen LogP) is 2.51. The number of hydrogen-bond donors (Lipinski definition) is 1. The first kappa shape index (κ1) is 10.8. The lowest BCUT2D eigenvalue weighted by Gasteiger charge is -2.02. The molecule has 0 heterocycles. The fraction of sp³-hybridized carbons (Fsp3) is 0. The number of aromatic hydroxyl groups is 1. The smallest absolute Gasteiger partial charge is 0.409 e. The molecule has 0 saturated heterocycles. The van der Waals surface area contributed by atoms with E-state index in [1.807, 2.05) is 0 Å². The molecule has 4 nitrogen and oxygen atoms in total. The van der Waals surface area contributed by atoms with Crippen molar-refractivity contribution in [2.75, 3.05) is 0 Å². The molecule has 0 aliphatic rings. The summed E-state index contributed by atoms with van der Waals surface area (Å²) < 4.78 is 4.46. The molecule has 14 heavy (non-hydrogen) atoms. The maximum absolute atomic E-state index is 10.7. The Morgan fingerprint density at radius 1 is 1.29 bits per heavy atom. The zero-order valence-electron chi connectivity index (χ0n) is 6.66. The molecule has 74 valence electrons. The van der Waals surface area contributed by atoms with E-state index < -0.39 is 10.7 Å². The third-order valence-corrected chi connectivity index (χ3v) is 1.66. The van der Waals surface area contributed by atoms with Crippen molar-refractivity contribution < 1.29 is 19.4 Å². The Morgan fingerprint density at radius 3 is 2.43 bits per heavy atom. The van der Waals surface area contributed by atoms with Crippen LogP contribution in [0.4, 0.5) is 4.79 Å². The van der Waals surface area contributed by atoms with Gasteiger partial charge < -0.3 is 9.84 Å². The van der Waals surface area contributed by atoms with Crippen molar-refractivity contribution in [1.82, 2.24) is 0 Å². The largest absolute Gasteiger partial charge is 0.507 e. The van der Waals surface area contributed by atoms with E-state index in [2.05, 4.69) is 4.74 Å². The van der Waals surface area contributed by atoms with Crippen molar-refractivity contribution in [3.05, 3.63) is 23.8 Å². The second kappa shape index (κ2) is 4.30. The van der Waals surface area contributed by atoms with E-state index >= 15 is 0 Å². The zero-order valence-corrected chi connectivity index (χ0v) is 8.17. The number of ether oxygens (including phenoxy) is 1. The van der Waals surface area contributed by atoms with Crippen LogP contribution >= 0.6 is 23.2 Å². The Hall–Kier alpha value is -1.26. The number of phenolic OH excluding ortho intramolecular Hbond substituents is 1. The Bertz CT molecular complexity index is 389. The second-order valence-electron chi connectivity index (χ2n) is 2.29. The highest BCUT2D eigenvalue weighted by Crippen LogP contribution is 2.24. The van der Waals surface area contributed by atoms with Crippen LogP contribution in [0.3, 0.4) is 0 Å². The molecule has 0 bridgehead atoms. The quantitative estimate of drug-likeness (QED) is 0.799. The van der Waals surface area contributed by atoms with Crippen LogP contribution in [-0.2, 0) is 0 Å². The van der Waals surface area contributed by atoms with E-state index in [1.165, 1.54) is 12.1 Å². The lowest BCUT2D eigenvalue weighted by molar-refractivity contribution is 0.107. The summed E-state index contributed by atoms with van der Waals surface area (Å²) in [6, 6.07) is 3.56. The van der Waals surface area contributed by atoms with Gasteiger partial charge in [0.05, 0.1) is 5.56 Å². The first-order valence-electron chi connectivity index (χ1n) is 3.41. The summed E-state index contributed by atoms with van der Waals surface area (Å²) in [5.41, 5.74) is -1.19. The third-order valence-electron chi connectivity index (χ3n) is 1.38. The lowest BCUT2D eigenvalue weighted by atomic mass is 10.2. The van der Waals surface area contributed by atoms with Crippen LogP contribution in [0.5, 0.6) is 11.5 Å². The molecule has 0 aliphatic carbocycles. The minimum absolute atomic E-state index is 0.0341. The first-order chi connectivity index (χ1) is 6.50. The van der Waals surface area contributed by atoms with Gasteiger partial charge in [-0.1, -0.05) is 0 Å². The highest BCUT2D eigenvalue weighted by atomic mass is 35.5. The molecule has 0 fully saturated rings. The predicted molar refractivity (Wildman–Crippen MR) is 50.2 cm³/mol. The highest BCUT2D eigenvalue weighted by Gasteiger charge is 2.10. The molecule has 1 rings (SSSR count). The average Bonchev–Trinajstić information content (AvgIpc) is 2.07. The normalized spacial score (nSPS) is 9.57. The number of hydrogen-bond acceptors (Lipinski definition) is 4. The number of rotatable bonds is 2. The summed E-state index contributed by atoms with van der Waals surface area (Å²) >= 11 is 10.1. The molecule has 0 unspecified atom stereocenters. The number of benzene rings is 1. The van der Waals surface area contributed by atoms with Crippen LogP contribution in [0.1, 0.15) is 10.4 Å². The van der Waals surface area contributed by atoms with Gasteiger partial charge in [-0.2, -0.15) is 0 Å². The third kappa shape index (κ3) is 2.61. The molecule has 0 atom stereocenters. The summed E-state index contributed by atoms with van der Waals surface area (Å²) in [5, 5.41) is 8.31. The van der Waals surface area contributed by atoms with Crippen LogP contribution in [-0.4, -0.2) is 15.8 Å². The minimum atomic E-state index is -1.04. The summed E-state index contributed by atoms with van der Waals surface area (Å²) in [6.45, 7) is 0. The van der Waals surface area contributed by atoms with Crippen molar-refractivity contribution in [3.8, 4) is 11.5 Å². The highest BCUT2D eigenvalue weighted by molar-refractivity contribution is 6.68. The standard InChI is InChI=1S/C8H4Cl2O4/c9-7(12)5-3-4(14-8(10)13)1-2-6(5)11/h1-3,11H. The fourth-order valence-electron chi connectivity index (χ4n) is 0.829. The molecule has 1 aromatic carbocycles. The summed E-state index contributed by atoms with van der Waals surface area (Å²) in [4.78, 5) is 21.1. The van der Waals surface area contributed by atoms with Gasteiger partial charge in [-0.05, 0) is 29.8 Å². The topological polar surface area (TPSA) is 63.6 Å². The molecule has 1 aromatic rings. The molecule has 0 amide bonds. The number of phenols is 1. The van der Waals surface area contributed by atoms with Gasteiger partial charge in [-0.25, -0.2) is 4.79 Å². The van der Waals surface area contributed by atoms with Crippen molar-refractivity contribution in [2.45, 2.75) is 0 Å². The Morgan fingerprint density at radius 2 is 1.93 bits per heavy atom. The van der Waals surface area contributed by atoms with E-state index in [-0.39, 0.29) is 17.1 Å². The Balaban J connectivity index is 3.06.